The average molecular weight is 569 g/mol. The van der Waals surface area contributed by atoms with Crippen LogP contribution >= 0.6 is 11.6 Å². The molecule has 2 aromatic carbocycles. The lowest BCUT2D eigenvalue weighted by Crippen LogP contribution is -2.56. The van der Waals surface area contributed by atoms with E-state index in [1.165, 1.54) is 35.3 Å². The molecule has 11 nitrogen and oxygen atoms in total. The number of aryl methyl sites for hydroxylation is 3. The van der Waals surface area contributed by atoms with Crippen LogP contribution in [0.4, 0.5) is 5.95 Å². The molecule has 0 saturated carbocycles. The largest absolute Gasteiger partial charge is 0.506 e. The Bertz CT molecular complexity index is 1660. The molecule has 1 aliphatic heterocycles. The third-order valence-electron chi connectivity index (χ3n) is 6.27. The highest BCUT2D eigenvalue weighted by atomic mass is 35.5. The van der Waals surface area contributed by atoms with Gasteiger partial charge in [0.2, 0.25) is 11.8 Å². The van der Waals surface area contributed by atoms with Gasteiger partial charge < -0.3 is 14.7 Å². The van der Waals surface area contributed by atoms with Crippen molar-refractivity contribution in [1.29, 1.82) is 0 Å². The van der Waals surface area contributed by atoms with Crippen molar-refractivity contribution in [2.75, 3.05) is 17.8 Å². The maximum Gasteiger partial charge on any atom is 0.267 e. The third-order valence-corrected chi connectivity index (χ3v) is 7.86. The molecule has 2 N–H and O–H groups in total. The monoisotopic (exact) mass is 568 g/mol. The highest BCUT2D eigenvalue weighted by Crippen LogP contribution is 2.31. The quantitative estimate of drug-likeness (QED) is 0.345. The van der Waals surface area contributed by atoms with E-state index in [4.69, 9.17) is 16.3 Å². The molecule has 5 rings (SSSR count). The summed E-state index contributed by atoms with van der Waals surface area (Å²) in [5.41, 5.74) is 3.58. The molecule has 3 heterocycles. The molecule has 1 saturated heterocycles. The van der Waals surface area contributed by atoms with Crippen molar-refractivity contribution in [3.8, 4) is 22.9 Å². The molecule has 0 aliphatic carbocycles. The molecular weight excluding hydrogens is 544 g/mol. The van der Waals surface area contributed by atoms with Gasteiger partial charge in [0.25, 0.3) is 15.9 Å². The highest BCUT2D eigenvalue weighted by Gasteiger charge is 2.34. The van der Waals surface area contributed by atoms with E-state index in [1.807, 2.05) is 32.0 Å². The normalized spacial score (nSPS) is 13.7. The Labute approximate surface area is 230 Å². The van der Waals surface area contributed by atoms with E-state index in [2.05, 4.69) is 19.8 Å². The standard InChI is InChI=1S/C26H25ClN6O5S/c1-15-5-4-6-16(2)24(15)21-10-23(30-26(29-21)31-39(36,37)19-11-28-32(3)14-19)38-18-12-33(13-18)25(35)17-7-8-22(34)20(27)9-17/h4-11,14,18,34H,12-13H2,1-3H3,(H,29,30,31). The van der Waals surface area contributed by atoms with Gasteiger partial charge in [0.05, 0.1) is 30.0 Å². The van der Waals surface area contributed by atoms with Crippen LogP contribution in [0.1, 0.15) is 21.5 Å². The summed E-state index contributed by atoms with van der Waals surface area (Å²) in [6.07, 6.45) is 2.23. The van der Waals surface area contributed by atoms with Crippen LogP contribution in [-0.2, 0) is 17.1 Å². The number of sulfonamides is 1. The topological polar surface area (TPSA) is 140 Å². The first-order chi connectivity index (χ1) is 18.5. The molecule has 1 fully saturated rings. The van der Waals surface area contributed by atoms with E-state index in [0.29, 0.717) is 11.3 Å². The molecule has 13 heteroatoms. The molecule has 1 aliphatic rings. The molecular formula is C26H25ClN6O5S. The van der Waals surface area contributed by atoms with Gasteiger partial charge in [-0.15, -0.1) is 0 Å². The number of phenols is 1. The molecule has 0 bridgehead atoms. The molecule has 202 valence electrons. The number of halogens is 1. The molecule has 39 heavy (non-hydrogen) atoms. The van der Waals surface area contributed by atoms with Gasteiger partial charge in [0.15, 0.2) is 0 Å². The molecule has 1 amide bonds. The summed E-state index contributed by atoms with van der Waals surface area (Å²) in [5.74, 6) is -0.339. The van der Waals surface area contributed by atoms with E-state index < -0.39 is 10.0 Å². The van der Waals surface area contributed by atoms with Crippen LogP contribution in [0.25, 0.3) is 11.3 Å². The van der Waals surface area contributed by atoms with Gasteiger partial charge in [-0.05, 0) is 43.2 Å². The maximum absolute atomic E-state index is 12.9. The lowest BCUT2D eigenvalue weighted by molar-refractivity contribution is 0.0160. The number of aromatic hydroxyl groups is 1. The number of carbonyl (C=O) groups is 1. The molecule has 2 aromatic heterocycles. The van der Waals surface area contributed by atoms with Crippen LogP contribution in [0.15, 0.2) is 59.8 Å². The number of hydrogen-bond acceptors (Lipinski definition) is 8. The zero-order chi connectivity index (χ0) is 27.9. The minimum absolute atomic E-state index is 0.0315. The molecule has 0 unspecified atom stereocenters. The fraction of sp³-hybridized carbons (Fsp3) is 0.231. The first-order valence-corrected chi connectivity index (χ1v) is 13.8. The number of carbonyl (C=O) groups excluding carboxylic acids is 1. The Morgan fingerprint density at radius 1 is 1.13 bits per heavy atom. The Morgan fingerprint density at radius 3 is 2.49 bits per heavy atom. The summed E-state index contributed by atoms with van der Waals surface area (Å²) >= 11 is 5.94. The second-order valence-corrected chi connectivity index (χ2v) is 11.3. The smallest absolute Gasteiger partial charge is 0.267 e. The molecule has 0 spiro atoms. The Morgan fingerprint density at radius 2 is 1.85 bits per heavy atom. The first kappa shape index (κ1) is 26.4. The first-order valence-electron chi connectivity index (χ1n) is 11.9. The summed E-state index contributed by atoms with van der Waals surface area (Å²) in [6, 6.07) is 11.7. The van der Waals surface area contributed by atoms with Gasteiger partial charge in [-0.1, -0.05) is 29.8 Å². The van der Waals surface area contributed by atoms with Gasteiger partial charge in [0, 0.05) is 30.4 Å². The van der Waals surface area contributed by atoms with Crippen molar-refractivity contribution in [2.24, 2.45) is 7.05 Å². The number of benzene rings is 2. The van der Waals surface area contributed by atoms with Gasteiger partial charge in [-0.3, -0.25) is 9.48 Å². The Balaban J connectivity index is 1.40. The van der Waals surface area contributed by atoms with Crippen LogP contribution in [0.2, 0.25) is 5.02 Å². The maximum atomic E-state index is 12.9. The van der Waals surface area contributed by atoms with Crippen molar-refractivity contribution >= 4 is 33.5 Å². The number of rotatable bonds is 7. The summed E-state index contributed by atoms with van der Waals surface area (Å²) in [4.78, 5) is 23.1. The number of hydrogen-bond donors (Lipinski definition) is 2. The number of likely N-dealkylation sites (tertiary alicyclic amines) is 1. The van der Waals surface area contributed by atoms with Crippen LogP contribution in [-0.4, -0.2) is 63.3 Å². The van der Waals surface area contributed by atoms with E-state index in [1.54, 1.807) is 18.0 Å². The lowest BCUT2D eigenvalue weighted by Gasteiger charge is -2.38. The number of anilines is 1. The van der Waals surface area contributed by atoms with Crippen molar-refractivity contribution in [3.63, 3.8) is 0 Å². The molecule has 0 atom stereocenters. The third kappa shape index (κ3) is 5.52. The minimum Gasteiger partial charge on any atom is -0.506 e. The number of ether oxygens (including phenoxy) is 1. The Kier molecular flexibility index (Phi) is 6.91. The van der Waals surface area contributed by atoms with Gasteiger partial charge in [-0.25, -0.2) is 18.1 Å². The van der Waals surface area contributed by atoms with Crippen molar-refractivity contribution < 1.29 is 23.1 Å². The number of aromatic nitrogens is 4. The predicted octanol–water partition coefficient (Wildman–Crippen LogP) is 3.56. The van der Waals surface area contributed by atoms with Crippen molar-refractivity contribution in [3.05, 3.63) is 76.6 Å². The zero-order valence-electron chi connectivity index (χ0n) is 21.3. The van der Waals surface area contributed by atoms with Gasteiger partial charge in [-0.2, -0.15) is 10.1 Å². The van der Waals surface area contributed by atoms with Gasteiger partial charge >= 0.3 is 0 Å². The Hall–Kier alpha value is -4.16. The fourth-order valence-corrected chi connectivity index (χ4v) is 5.37. The van der Waals surface area contributed by atoms with E-state index in [-0.39, 0.29) is 52.6 Å². The van der Waals surface area contributed by atoms with E-state index >= 15 is 0 Å². The van der Waals surface area contributed by atoms with Crippen molar-refractivity contribution in [2.45, 2.75) is 24.8 Å². The van der Waals surface area contributed by atoms with Crippen LogP contribution in [0, 0.1) is 13.8 Å². The average Bonchev–Trinajstić information content (AvgIpc) is 3.29. The number of phenolic OH excluding ortho intramolecular Hbond substituents is 1. The fourth-order valence-electron chi connectivity index (χ4n) is 4.27. The van der Waals surface area contributed by atoms with Gasteiger partial charge in [0.1, 0.15) is 16.7 Å². The lowest BCUT2D eigenvalue weighted by atomic mass is 10.00. The summed E-state index contributed by atoms with van der Waals surface area (Å²) in [6.45, 7) is 4.46. The van der Waals surface area contributed by atoms with Crippen LogP contribution < -0.4 is 9.46 Å². The number of nitrogens with one attached hydrogen (secondary N) is 1. The zero-order valence-corrected chi connectivity index (χ0v) is 22.9. The second kappa shape index (κ2) is 10.2. The van der Waals surface area contributed by atoms with Crippen LogP contribution in [0.5, 0.6) is 11.6 Å². The molecule has 4 aromatic rings. The van der Waals surface area contributed by atoms with E-state index in [0.717, 1.165) is 16.7 Å². The number of amides is 1. The summed E-state index contributed by atoms with van der Waals surface area (Å²) in [5, 5.41) is 13.6. The van der Waals surface area contributed by atoms with Crippen molar-refractivity contribution in [1.82, 2.24) is 24.6 Å². The predicted molar refractivity (Wildman–Crippen MR) is 144 cm³/mol. The molecule has 0 radical (unpaired) electrons. The van der Waals surface area contributed by atoms with Crippen LogP contribution in [0.3, 0.4) is 0 Å². The highest BCUT2D eigenvalue weighted by molar-refractivity contribution is 7.92. The number of nitrogens with zero attached hydrogens (tertiary/aromatic N) is 5. The summed E-state index contributed by atoms with van der Waals surface area (Å²) < 4.78 is 35.7. The van der Waals surface area contributed by atoms with E-state index in [9.17, 15) is 18.3 Å². The second-order valence-electron chi connectivity index (χ2n) is 9.25. The summed E-state index contributed by atoms with van der Waals surface area (Å²) in [7, 11) is -2.38. The SMILES string of the molecule is Cc1cccc(C)c1-c1cc(OC2CN(C(=O)c3ccc(O)c(Cl)c3)C2)nc(NS(=O)(=O)c2cnn(C)c2)n1. The minimum atomic E-state index is -4.00.